The van der Waals surface area contributed by atoms with E-state index in [2.05, 4.69) is 0 Å². The van der Waals surface area contributed by atoms with E-state index in [1.54, 1.807) is 56.7 Å². The van der Waals surface area contributed by atoms with Gasteiger partial charge in [-0.25, -0.2) is 0 Å². The molecule has 2 aliphatic heterocycles. The second-order valence-corrected chi connectivity index (χ2v) is 8.81. The first-order chi connectivity index (χ1) is 17.9. The molecule has 37 heavy (non-hydrogen) atoms. The summed E-state index contributed by atoms with van der Waals surface area (Å²) in [6.45, 7) is 0.681. The highest BCUT2D eigenvalue weighted by Gasteiger charge is 2.46. The molecule has 1 unspecified atom stereocenters. The molecular formula is C29H27NO7. The Morgan fingerprint density at radius 2 is 1.78 bits per heavy atom. The van der Waals surface area contributed by atoms with Crippen molar-refractivity contribution in [2.45, 2.75) is 19.0 Å². The van der Waals surface area contributed by atoms with Crippen LogP contribution in [0, 0.1) is 0 Å². The lowest BCUT2D eigenvalue weighted by Gasteiger charge is -2.26. The zero-order valence-corrected chi connectivity index (χ0v) is 20.8. The molecule has 0 saturated carbocycles. The highest BCUT2D eigenvalue weighted by Crippen LogP contribution is 2.42. The molecule has 2 heterocycles. The third kappa shape index (κ3) is 4.35. The van der Waals surface area contributed by atoms with Gasteiger partial charge in [0.2, 0.25) is 0 Å². The molecule has 1 saturated heterocycles. The molecule has 0 radical (unpaired) electrons. The molecule has 3 aromatic carbocycles. The summed E-state index contributed by atoms with van der Waals surface area (Å²) in [4.78, 5) is 28.2. The maximum absolute atomic E-state index is 13.4. The zero-order valence-electron chi connectivity index (χ0n) is 20.8. The number of ketones is 1. The molecule has 2 aliphatic rings. The lowest BCUT2D eigenvalue weighted by molar-refractivity contribution is -0.140. The summed E-state index contributed by atoms with van der Waals surface area (Å²) in [6, 6.07) is 16.9. The number of hydrogen-bond donors (Lipinski definition) is 1. The Balaban J connectivity index is 1.62. The van der Waals surface area contributed by atoms with Crippen LogP contribution in [0.1, 0.15) is 28.3 Å². The monoisotopic (exact) mass is 501 g/mol. The predicted molar refractivity (Wildman–Crippen MR) is 136 cm³/mol. The molecule has 5 rings (SSSR count). The number of hydrogen-bond acceptors (Lipinski definition) is 7. The van der Waals surface area contributed by atoms with E-state index in [0.29, 0.717) is 41.4 Å². The van der Waals surface area contributed by atoms with E-state index in [4.69, 9.17) is 18.9 Å². The summed E-state index contributed by atoms with van der Waals surface area (Å²) in [5.74, 6) is 0.721. The van der Waals surface area contributed by atoms with Crippen molar-refractivity contribution >= 4 is 17.4 Å². The van der Waals surface area contributed by atoms with Crippen LogP contribution in [0.15, 0.2) is 66.2 Å². The topological polar surface area (TPSA) is 94.5 Å². The fourth-order valence-electron chi connectivity index (χ4n) is 4.87. The molecule has 0 spiro atoms. The van der Waals surface area contributed by atoms with Gasteiger partial charge < -0.3 is 29.0 Å². The van der Waals surface area contributed by atoms with Crippen LogP contribution in [0.5, 0.6) is 23.0 Å². The van der Waals surface area contributed by atoms with E-state index in [1.807, 2.05) is 18.2 Å². The summed E-state index contributed by atoms with van der Waals surface area (Å²) in [5, 5.41) is 11.4. The van der Waals surface area contributed by atoms with Crippen molar-refractivity contribution in [2.24, 2.45) is 0 Å². The molecule has 1 amide bonds. The van der Waals surface area contributed by atoms with Crippen LogP contribution in [0.3, 0.4) is 0 Å². The summed E-state index contributed by atoms with van der Waals surface area (Å²) in [6.07, 6.45) is 0.712. The summed E-state index contributed by atoms with van der Waals surface area (Å²) in [7, 11) is 4.63. The lowest BCUT2D eigenvalue weighted by Crippen LogP contribution is -2.29. The van der Waals surface area contributed by atoms with Crippen LogP contribution in [0.2, 0.25) is 0 Å². The van der Waals surface area contributed by atoms with Crippen LogP contribution in [-0.4, -0.2) is 49.6 Å². The Morgan fingerprint density at radius 1 is 0.973 bits per heavy atom. The first kappa shape index (κ1) is 24.2. The highest BCUT2D eigenvalue weighted by atomic mass is 16.5. The summed E-state index contributed by atoms with van der Waals surface area (Å²) < 4.78 is 21.7. The third-order valence-corrected chi connectivity index (χ3v) is 6.71. The van der Waals surface area contributed by atoms with Gasteiger partial charge >= 0.3 is 0 Å². The molecule has 0 aliphatic carbocycles. The van der Waals surface area contributed by atoms with Crippen molar-refractivity contribution < 1.29 is 33.6 Å². The maximum Gasteiger partial charge on any atom is 0.295 e. The lowest BCUT2D eigenvalue weighted by atomic mass is 9.94. The van der Waals surface area contributed by atoms with Gasteiger partial charge in [0, 0.05) is 18.5 Å². The second kappa shape index (κ2) is 9.89. The minimum Gasteiger partial charge on any atom is -0.507 e. The van der Waals surface area contributed by atoms with Gasteiger partial charge in [0.25, 0.3) is 11.7 Å². The number of aliphatic hydroxyl groups is 1. The standard InChI is InChI=1S/C29H27NO7/c1-34-21-6-4-5-19(15-21)26-25(27(31)20-8-10-22-18(14-20)11-12-37-22)28(32)29(33)30(26)16-17-7-9-23(35-2)24(13-17)36-3/h4-10,13-15,26,31H,11-12,16H2,1-3H3/b27-25-. The number of likely N-dealkylation sites (tertiary alicyclic amines) is 1. The number of Topliss-reactive ketones (excluding diaryl/α,β-unsaturated/α-hetero) is 1. The quantitative estimate of drug-likeness (QED) is 0.294. The van der Waals surface area contributed by atoms with Gasteiger partial charge in [-0.15, -0.1) is 0 Å². The maximum atomic E-state index is 13.4. The molecule has 8 nitrogen and oxygen atoms in total. The average molecular weight is 502 g/mol. The fourth-order valence-corrected chi connectivity index (χ4v) is 4.87. The van der Waals surface area contributed by atoms with Gasteiger partial charge in [0.15, 0.2) is 11.5 Å². The molecule has 1 N–H and O–H groups in total. The molecule has 1 fully saturated rings. The van der Waals surface area contributed by atoms with Crippen LogP contribution in [0.4, 0.5) is 0 Å². The second-order valence-electron chi connectivity index (χ2n) is 8.81. The third-order valence-electron chi connectivity index (χ3n) is 6.71. The minimum atomic E-state index is -0.826. The minimum absolute atomic E-state index is 0.0256. The molecular weight excluding hydrogens is 474 g/mol. The molecule has 1 atom stereocenters. The Hall–Kier alpha value is -4.46. The molecule has 0 bridgehead atoms. The van der Waals surface area contributed by atoms with Gasteiger partial charge in [0.1, 0.15) is 17.3 Å². The van der Waals surface area contributed by atoms with E-state index in [1.165, 1.54) is 12.0 Å². The number of ether oxygens (including phenoxy) is 4. The van der Waals surface area contributed by atoms with Crippen molar-refractivity contribution in [2.75, 3.05) is 27.9 Å². The Kier molecular flexibility index (Phi) is 6.48. The van der Waals surface area contributed by atoms with E-state index < -0.39 is 17.7 Å². The van der Waals surface area contributed by atoms with Crippen molar-refractivity contribution in [3.63, 3.8) is 0 Å². The van der Waals surface area contributed by atoms with Gasteiger partial charge in [0.05, 0.1) is 39.6 Å². The number of carbonyl (C=O) groups excluding carboxylic acids is 2. The largest absolute Gasteiger partial charge is 0.507 e. The van der Waals surface area contributed by atoms with Crippen LogP contribution >= 0.6 is 0 Å². The number of fused-ring (bicyclic) bond motifs is 1. The number of rotatable bonds is 7. The van der Waals surface area contributed by atoms with E-state index >= 15 is 0 Å². The van der Waals surface area contributed by atoms with Crippen molar-refractivity contribution in [1.29, 1.82) is 0 Å². The number of nitrogens with zero attached hydrogens (tertiary/aromatic N) is 1. The molecule has 3 aromatic rings. The highest BCUT2D eigenvalue weighted by molar-refractivity contribution is 6.46. The Bertz CT molecular complexity index is 1410. The van der Waals surface area contributed by atoms with E-state index in [-0.39, 0.29) is 17.9 Å². The normalized spacial score (nSPS) is 17.9. The molecule has 0 aromatic heterocycles. The Morgan fingerprint density at radius 3 is 2.54 bits per heavy atom. The van der Waals surface area contributed by atoms with Gasteiger partial charge in [-0.1, -0.05) is 18.2 Å². The van der Waals surface area contributed by atoms with Crippen molar-refractivity contribution in [3.05, 3.63) is 88.5 Å². The van der Waals surface area contributed by atoms with Crippen molar-refractivity contribution in [1.82, 2.24) is 4.90 Å². The van der Waals surface area contributed by atoms with Crippen molar-refractivity contribution in [3.8, 4) is 23.0 Å². The smallest absolute Gasteiger partial charge is 0.295 e. The SMILES string of the molecule is COc1cccc(C2/C(=C(/O)c3ccc4c(c3)CCO4)C(=O)C(=O)N2Cc2ccc(OC)c(OC)c2)c1. The number of amides is 1. The predicted octanol–water partition coefficient (Wildman–Crippen LogP) is 4.27. The van der Waals surface area contributed by atoms with Gasteiger partial charge in [-0.2, -0.15) is 0 Å². The molecule has 190 valence electrons. The number of carbonyl (C=O) groups is 2. The number of aliphatic hydroxyl groups excluding tert-OH is 1. The zero-order chi connectivity index (χ0) is 26.1. The van der Waals surface area contributed by atoms with Crippen LogP contribution in [0.25, 0.3) is 5.76 Å². The summed E-state index contributed by atoms with van der Waals surface area (Å²) >= 11 is 0. The van der Waals surface area contributed by atoms with Gasteiger partial charge in [-0.05, 0) is 59.2 Å². The Labute approximate surface area is 214 Å². The number of methoxy groups -OCH3 is 3. The van der Waals surface area contributed by atoms with Crippen LogP contribution < -0.4 is 18.9 Å². The van der Waals surface area contributed by atoms with Gasteiger partial charge in [-0.3, -0.25) is 9.59 Å². The first-order valence-electron chi connectivity index (χ1n) is 11.8. The van der Waals surface area contributed by atoms with E-state index in [0.717, 1.165) is 16.9 Å². The number of benzene rings is 3. The van der Waals surface area contributed by atoms with E-state index in [9.17, 15) is 14.7 Å². The fraction of sp³-hybridized carbons (Fsp3) is 0.241. The molecule has 8 heteroatoms. The first-order valence-corrected chi connectivity index (χ1v) is 11.8. The summed E-state index contributed by atoms with van der Waals surface area (Å²) in [5.41, 5.74) is 2.81. The average Bonchev–Trinajstić information content (AvgIpc) is 3.50. The van der Waals surface area contributed by atoms with Crippen LogP contribution in [-0.2, 0) is 22.6 Å².